The van der Waals surface area contributed by atoms with E-state index >= 15 is 0 Å². The van der Waals surface area contributed by atoms with E-state index in [-0.39, 0.29) is 16.7 Å². The predicted molar refractivity (Wildman–Crippen MR) is 116 cm³/mol. The third kappa shape index (κ3) is 3.68. The predicted octanol–water partition coefficient (Wildman–Crippen LogP) is 3.95. The van der Waals surface area contributed by atoms with Crippen LogP contribution in [0.3, 0.4) is 0 Å². The molecule has 142 valence electrons. The molecule has 0 saturated heterocycles. The maximum absolute atomic E-state index is 12.8. The molecule has 1 amide bonds. The van der Waals surface area contributed by atoms with Crippen LogP contribution in [0.4, 0.5) is 0 Å². The molecule has 0 bridgehead atoms. The van der Waals surface area contributed by atoms with E-state index in [2.05, 4.69) is 10.3 Å². The van der Waals surface area contributed by atoms with Crippen LogP contribution in [0, 0.1) is 0 Å². The Kier molecular flexibility index (Phi) is 5.19. The fourth-order valence-electron chi connectivity index (χ4n) is 2.99. The summed E-state index contributed by atoms with van der Waals surface area (Å²) in [4.78, 5) is 31.0. The number of aromatic nitrogens is 2. The van der Waals surface area contributed by atoms with Crippen molar-refractivity contribution in [1.29, 1.82) is 0 Å². The number of rotatable bonds is 5. The number of fused-ring (bicyclic) bond motifs is 2. The first-order valence-electron chi connectivity index (χ1n) is 8.89. The Balaban J connectivity index is 1.60. The Bertz CT molecular complexity index is 1220. The highest BCUT2D eigenvalue weighted by atomic mass is 32.2. The van der Waals surface area contributed by atoms with Crippen LogP contribution in [0.2, 0.25) is 0 Å². The summed E-state index contributed by atoms with van der Waals surface area (Å²) in [6, 6.07) is 15.7. The number of thioether (sulfide) groups is 1. The second-order valence-electron chi connectivity index (χ2n) is 6.53. The van der Waals surface area contributed by atoms with Gasteiger partial charge in [0.25, 0.3) is 5.56 Å². The molecule has 0 saturated carbocycles. The van der Waals surface area contributed by atoms with Gasteiger partial charge in [0.15, 0.2) is 5.16 Å². The van der Waals surface area contributed by atoms with Crippen LogP contribution in [0.5, 0.6) is 0 Å². The minimum atomic E-state index is -0.365. The van der Waals surface area contributed by atoms with Crippen LogP contribution in [0.1, 0.15) is 11.8 Å². The number of amides is 1. The van der Waals surface area contributed by atoms with Gasteiger partial charge in [0.2, 0.25) is 5.91 Å². The van der Waals surface area contributed by atoms with E-state index in [1.807, 2.05) is 60.8 Å². The van der Waals surface area contributed by atoms with Gasteiger partial charge in [-0.05, 0) is 41.3 Å². The molecule has 1 N–H and O–H groups in total. The van der Waals surface area contributed by atoms with Gasteiger partial charge in [0.05, 0.1) is 22.7 Å². The molecule has 2 aromatic carbocycles. The summed E-state index contributed by atoms with van der Waals surface area (Å²) in [6.07, 6.45) is 0. The summed E-state index contributed by atoms with van der Waals surface area (Å²) in [5.41, 5.74) is 0.542. The van der Waals surface area contributed by atoms with Crippen molar-refractivity contribution in [1.82, 2.24) is 14.9 Å². The summed E-state index contributed by atoms with van der Waals surface area (Å²) >= 11 is 2.90. The third-order valence-corrected chi connectivity index (χ3v) is 6.59. The highest BCUT2D eigenvalue weighted by Crippen LogP contribution is 2.24. The maximum Gasteiger partial charge on any atom is 0.261 e. The lowest BCUT2D eigenvalue weighted by Crippen LogP contribution is -2.31. The molecule has 0 spiro atoms. The SMILES string of the molecule is C[C@H](Sc1nc2cc3ccccc3cc2c(=O)n1C)C(=O)NCc1cccs1. The number of hydrogen-bond acceptors (Lipinski definition) is 5. The van der Waals surface area contributed by atoms with Crippen molar-refractivity contribution in [2.45, 2.75) is 23.9 Å². The van der Waals surface area contributed by atoms with Crippen LogP contribution >= 0.6 is 23.1 Å². The van der Waals surface area contributed by atoms with E-state index in [9.17, 15) is 9.59 Å². The molecule has 0 fully saturated rings. The average Bonchev–Trinajstić information content (AvgIpc) is 3.22. The van der Waals surface area contributed by atoms with E-state index in [4.69, 9.17) is 0 Å². The Morgan fingerprint density at radius 1 is 1.21 bits per heavy atom. The Hall–Kier alpha value is -2.64. The highest BCUT2D eigenvalue weighted by molar-refractivity contribution is 8.00. The molecular weight excluding hydrogens is 390 g/mol. The third-order valence-electron chi connectivity index (χ3n) is 4.57. The van der Waals surface area contributed by atoms with E-state index in [0.29, 0.717) is 22.6 Å². The van der Waals surface area contributed by atoms with Gasteiger partial charge < -0.3 is 5.32 Å². The first-order chi connectivity index (χ1) is 13.5. The first-order valence-corrected chi connectivity index (χ1v) is 10.6. The number of thiophene rings is 1. The van der Waals surface area contributed by atoms with Gasteiger partial charge in [-0.15, -0.1) is 11.3 Å². The Morgan fingerprint density at radius 3 is 2.68 bits per heavy atom. The molecule has 2 aromatic heterocycles. The fraction of sp³-hybridized carbons (Fsp3) is 0.190. The summed E-state index contributed by atoms with van der Waals surface area (Å²) < 4.78 is 1.52. The van der Waals surface area contributed by atoms with Crippen LogP contribution < -0.4 is 10.9 Å². The number of carbonyl (C=O) groups is 1. The number of benzene rings is 2. The topological polar surface area (TPSA) is 64.0 Å². The summed E-state index contributed by atoms with van der Waals surface area (Å²) in [5, 5.41) is 7.72. The van der Waals surface area contributed by atoms with Crippen molar-refractivity contribution in [2.24, 2.45) is 7.05 Å². The van der Waals surface area contributed by atoms with Crippen molar-refractivity contribution >= 4 is 50.7 Å². The van der Waals surface area contributed by atoms with E-state index in [0.717, 1.165) is 15.6 Å². The van der Waals surface area contributed by atoms with Crippen molar-refractivity contribution in [3.63, 3.8) is 0 Å². The van der Waals surface area contributed by atoms with Crippen molar-refractivity contribution in [3.05, 3.63) is 69.1 Å². The summed E-state index contributed by atoms with van der Waals surface area (Å²) in [7, 11) is 1.70. The fourth-order valence-corrected chi connectivity index (χ4v) is 4.53. The molecule has 5 nitrogen and oxygen atoms in total. The minimum Gasteiger partial charge on any atom is -0.350 e. The lowest BCUT2D eigenvalue weighted by atomic mass is 10.1. The van der Waals surface area contributed by atoms with Gasteiger partial charge in [-0.1, -0.05) is 42.1 Å². The smallest absolute Gasteiger partial charge is 0.261 e. The molecule has 7 heteroatoms. The summed E-state index contributed by atoms with van der Waals surface area (Å²) in [5.74, 6) is -0.0775. The van der Waals surface area contributed by atoms with Crippen molar-refractivity contribution < 1.29 is 4.79 Å². The number of nitrogens with zero attached hydrogens (tertiary/aromatic N) is 2. The average molecular weight is 410 g/mol. The van der Waals surface area contributed by atoms with Crippen LogP contribution in [-0.4, -0.2) is 20.7 Å². The normalized spacial score (nSPS) is 12.4. The first kappa shape index (κ1) is 18.7. The Labute approximate surface area is 170 Å². The highest BCUT2D eigenvalue weighted by Gasteiger charge is 2.18. The second kappa shape index (κ2) is 7.77. The number of hydrogen-bond donors (Lipinski definition) is 1. The zero-order valence-corrected chi connectivity index (χ0v) is 17.1. The summed E-state index contributed by atoms with van der Waals surface area (Å²) in [6.45, 7) is 2.34. The zero-order valence-electron chi connectivity index (χ0n) is 15.5. The number of nitrogens with one attached hydrogen (secondary N) is 1. The van der Waals surface area contributed by atoms with Crippen LogP contribution in [-0.2, 0) is 18.4 Å². The lowest BCUT2D eigenvalue weighted by Gasteiger charge is -2.14. The van der Waals surface area contributed by atoms with Crippen molar-refractivity contribution in [3.8, 4) is 0 Å². The molecule has 1 atom stereocenters. The van der Waals surface area contributed by atoms with E-state index in [1.54, 1.807) is 18.4 Å². The minimum absolute atomic E-state index is 0.0775. The molecule has 2 heterocycles. The lowest BCUT2D eigenvalue weighted by molar-refractivity contribution is -0.120. The van der Waals surface area contributed by atoms with Crippen LogP contribution in [0.15, 0.2) is 63.9 Å². The Morgan fingerprint density at radius 2 is 1.96 bits per heavy atom. The zero-order chi connectivity index (χ0) is 19.7. The van der Waals surface area contributed by atoms with Gasteiger partial charge in [0.1, 0.15) is 0 Å². The van der Waals surface area contributed by atoms with E-state index < -0.39 is 0 Å². The second-order valence-corrected chi connectivity index (χ2v) is 8.87. The largest absolute Gasteiger partial charge is 0.350 e. The number of carbonyl (C=O) groups excluding carboxylic acids is 1. The quantitative estimate of drug-likeness (QED) is 0.308. The molecule has 28 heavy (non-hydrogen) atoms. The monoisotopic (exact) mass is 409 g/mol. The standard InChI is InChI=1S/C21H19N3O2S2/c1-13(19(25)22-12-16-8-5-9-27-16)28-21-23-18-11-15-7-4-3-6-14(15)10-17(18)20(26)24(21)2/h3-11,13H,12H2,1-2H3,(H,22,25)/t13-/m0/s1. The molecular formula is C21H19N3O2S2. The molecule has 0 aliphatic heterocycles. The molecule has 4 aromatic rings. The molecule has 0 unspecified atom stereocenters. The van der Waals surface area contributed by atoms with Gasteiger partial charge in [-0.25, -0.2) is 4.98 Å². The van der Waals surface area contributed by atoms with Crippen molar-refractivity contribution in [2.75, 3.05) is 0 Å². The van der Waals surface area contributed by atoms with Gasteiger partial charge >= 0.3 is 0 Å². The maximum atomic E-state index is 12.8. The molecule has 0 aliphatic carbocycles. The van der Waals surface area contributed by atoms with Gasteiger partial charge in [-0.2, -0.15) is 0 Å². The van der Waals surface area contributed by atoms with Gasteiger partial charge in [0, 0.05) is 11.9 Å². The molecule has 0 radical (unpaired) electrons. The molecule has 4 rings (SSSR count). The van der Waals surface area contributed by atoms with E-state index in [1.165, 1.54) is 16.3 Å². The van der Waals surface area contributed by atoms with Gasteiger partial charge in [-0.3, -0.25) is 14.2 Å². The van der Waals surface area contributed by atoms with Crippen LogP contribution in [0.25, 0.3) is 21.7 Å². The molecule has 0 aliphatic rings.